The first-order valence-electron chi connectivity index (χ1n) is 11.5. The number of carbonyl (C=O) groups excluding carboxylic acids is 1. The molecule has 0 unspecified atom stereocenters. The van der Waals surface area contributed by atoms with Gasteiger partial charge >= 0.3 is 6.01 Å². The molecule has 1 saturated heterocycles. The minimum Gasteiger partial charge on any atom is -0.467 e. The molecule has 5 rings (SSSR count). The number of hydrogen-bond acceptors (Lipinski definition) is 6. The van der Waals surface area contributed by atoms with E-state index in [4.69, 9.17) is 14.7 Å². The van der Waals surface area contributed by atoms with Gasteiger partial charge in [0.15, 0.2) is 0 Å². The summed E-state index contributed by atoms with van der Waals surface area (Å²) >= 11 is 0. The average Bonchev–Trinajstić information content (AvgIpc) is 2.78. The quantitative estimate of drug-likeness (QED) is 0.739. The Morgan fingerprint density at radius 3 is 2.47 bits per heavy atom. The van der Waals surface area contributed by atoms with Crippen LogP contribution in [0.25, 0.3) is 0 Å². The van der Waals surface area contributed by atoms with E-state index in [9.17, 15) is 4.79 Å². The van der Waals surface area contributed by atoms with Gasteiger partial charge in [0.2, 0.25) is 5.91 Å². The second-order valence-electron chi connectivity index (χ2n) is 8.90. The fraction of sp³-hybridized carbons (Fsp3) is 0.480. The van der Waals surface area contributed by atoms with Crippen molar-refractivity contribution in [2.45, 2.75) is 39.7 Å². The largest absolute Gasteiger partial charge is 0.467 e. The summed E-state index contributed by atoms with van der Waals surface area (Å²) in [5, 5.41) is 0. The van der Waals surface area contributed by atoms with Crippen LogP contribution >= 0.6 is 0 Å². The SMILES string of the molecule is COc1nc2c(c(N3CCN(C(=O)C4=CCC4)CC3)n1)CCN(c1cccc(C)c1C)C2. The Morgan fingerprint density at radius 1 is 1.00 bits per heavy atom. The number of hydrogen-bond donors (Lipinski definition) is 0. The maximum Gasteiger partial charge on any atom is 0.318 e. The van der Waals surface area contributed by atoms with Crippen LogP contribution in [0.2, 0.25) is 0 Å². The highest BCUT2D eigenvalue weighted by atomic mass is 16.5. The van der Waals surface area contributed by atoms with Crippen molar-refractivity contribution >= 4 is 17.4 Å². The highest BCUT2D eigenvalue weighted by Gasteiger charge is 2.30. The van der Waals surface area contributed by atoms with Crippen molar-refractivity contribution in [3.8, 4) is 6.01 Å². The lowest BCUT2D eigenvalue weighted by atomic mass is 9.97. The van der Waals surface area contributed by atoms with Gasteiger partial charge in [0.1, 0.15) is 5.82 Å². The van der Waals surface area contributed by atoms with Gasteiger partial charge in [0.25, 0.3) is 0 Å². The molecule has 168 valence electrons. The van der Waals surface area contributed by atoms with Crippen LogP contribution < -0.4 is 14.5 Å². The Kier molecular flexibility index (Phi) is 5.49. The smallest absolute Gasteiger partial charge is 0.318 e. The van der Waals surface area contributed by atoms with Crippen LogP contribution in [-0.4, -0.2) is 60.6 Å². The minimum atomic E-state index is 0.211. The van der Waals surface area contributed by atoms with Crippen LogP contribution in [0.1, 0.15) is 35.2 Å². The zero-order valence-corrected chi connectivity index (χ0v) is 19.2. The van der Waals surface area contributed by atoms with Crippen molar-refractivity contribution in [2.75, 3.05) is 49.6 Å². The van der Waals surface area contributed by atoms with Crippen molar-refractivity contribution in [1.82, 2.24) is 14.9 Å². The molecule has 32 heavy (non-hydrogen) atoms. The third-order valence-corrected chi connectivity index (χ3v) is 7.07. The Bertz CT molecular complexity index is 1070. The molecule has 3 aliphatic rings. The normalized spacial score (nSPS) is 18.1. The number of carbonyl (C=O) groups is 1. The lowest BCUT2D eigenvalue weighted by molar-refractivity contribution is -0.127. The molecule has 0 spiro atoms. The second kappa shape index (κ2) is 8.45. The van der Waals surface area contributed by atoms with Crippen molar-refractivity contribution in [3.63, 3.8) is 0 Å². The molecule has 0 N–H and O–H groups in total. The van der Waals surface area contributed by atoms with E-state index >= 15 is 0 Å². The number of fused-ring (bicyclic) bond motifs is 1. The van der Waals surface area contributed by atoms with Gasteiger partial charge < -0.3 is 19.4 Å². The van der Waals surface area contributed by atoms with E-state index in [2.05, 4.69) is 47.9 Å². The van der Waals surface area contributed by atoms with Crippen LogP contribution in [0.4, 0.5) is 11.5 Å². The number of rotatable bonds is 4. The number of amides is 1. The van der Waals surface area contributed by atoms with E-state index in [1.54, 1.807) is 7.11 Å². The maximum atomic E-state index is 12.6. The number of piperazine rings is 1. The molecule has 7 nitrogen and oxygen atoms in total. The third kappa shape index (κ3) is 3.70. The molecule has 0 atom stereocenters. The molecule has 1 amide bonds. The molecular formula is C25H31N5O2. The monoisotopic (exact) mass is 433 g/mol. The predicted molar refractivity (Wildman–Crippen MR) is 125 cm³/mol. The highest BCUT2D eigenvalue weighted by molar-refractivity contribution is 5.94. The molecule has 1 aromatic heterocycles. The zero-order chi connectivity index (χ0) is 22.2. The number of methoxy groups -OCH3 is 1. The number of allylic oxidation sites excluding steroid dienone is 1. The Morgan fingerprint density at radius 2 is 1.78 bits per heavy atom. The summed E-state index contributed by atoms with van der Waals surface area (Å²) in [4.78, 5) is 28.7. The van der Waals surface area contributed by atoms with Crippen LogP contribution in [0.3, 0.4) is 0 Å². The molecule has 1 aliphatic carbocycles. The number of aromatic nitrogens is 2. The lowest BCUT2D eigenvalue weighted by Gasteiger charge is -2.39. The van der Waals surface area contributed by atoms with Gasteiger partial charge in [0.05, 0.1) is 19.3 Å². The maximum absolute atomic E-state index is 12.6. The molecule has 0 radical (unpaired) electrons. The third-order valence-electron chi connectivity index (χ3n) is 7.07. The number of aryl methyl sites for hydroxylation is 1. The van der Waals surface area contributed by atoms with Crippen LogP contribution in [0.5, 0.6) is 6.01 Å². The van der Waals surface area contributed by atoms with E-state index in [0.29, 0.717) is 6.01 Å². The van der Waals surface area contributed by atoms with E-state index in [-0.39, 0.29) is 5.91 Å². The van der Waals surface area contributed by atoms with E-state index in [0.717, 1.165) is 75.6 Å². The Labute approximate surface area is 189 Å². The first kappa shape index (κ1) is 20.8. The summed E-state index contributed by atoms with van der Waals surface area (Å²) in [5.41, 5.74) is 7.13. The van der Waals surface area contributed by atoms with Crippen molar-refractivity contribution < 1.29 is 9.53 Å². The molecule has 2 aromatic rings. The lowest BCUT2D eigenvalue weighted by Crippen LogP contribution is -2.50. The van der Waals surface area contributed by atoms with Gasteiger partial charge in [0, 0.05) is 49.5 Å². The van der Waals surface area contributed by atoms with E-state index < -0.39 is 0 Å². The van der Waals surface area contributed by atoms with Gasteiger partial charge in [-0.25, -0.2) is 0 Å². The van der Waals surface area contributed by atoms with Crippen molar-refractivity contribution in [3.05, 3.63) is 52.2 Å². The zero-order valence-electron chi connectivity index (χ0n) is 19.2. The van der Waals surface area contributed by atoms with E-state index in [1.807, 2.05) is 4.90 Å². The van der Waals surface area contributed by atoms with Gasteiger partial charge in [-0.05, 0) is 50.3 Å². The molecule has 2 aliphatic heterocycles. The molecule has 3 heterocycles. The topological polar surface area (TPSA) is 61.8 Å². The summed E-state index contributed by atoms with van der Waals surface area (Å²) in [6.07, 6.45) is 4.91. The van der Waals surface area contributed by atoms with Gasteiger partial charge in [-0.2, -0.15) is 9.97 Å². The summed E-state index contributed by atoms with van der Waals surface area (Å²) in [7, 11) is 1.62. The predicted octanol–water partition coefficient (Wildman–Crippen LogP) is 3.03. The Hall–Kier alpha value is -3.09. The van der Waals surface area contributed by atoms with Crippen LogP contribution in [0.15, 0.2) is 29.8 Å². The first-order chi connectivity index (χ1) is 15.5. The van der Waals surface area contributed by atoms with Crippen molar-refractivity contribution in [2.24, 2.45) is 0 Å². The number of anilines is 2. The van der Waals surface area contributed by atoms with Gasteiger partial charge in [-0.1, -0.05) is 18.2 Å². The molecule has 1 aromatic carbocycles. The molecule has 7 heteroatoms. The van der Waals surface area contributed by atoms with Crippen LogP contribution in [-0.2, 0) is 17.8 Å². The summed E-state index contributed by atoms with van der Waals surface area (Å²) in [5.74, 6) is 1.18. The molecule has 1 fully saturated rings. The van der Waals surface area contributed by atoms with Gasteiger partial charge in [-0.3, -0.25) is 4.79 Å². The van der Waals surface area contributed by atoms with Gasteiger partial charge in [-0.15, -0.1) is 0 Å². The van der Waals surface area contributed by atoms with Crippen LogP contribution in [0, 0.1) is 13.8 Å². The Balaban J connectivity index is 1.37. The minimum absolute atomic E-state index is 0.211. The van der Waals surface area contributed by atoms with E-state index in [1.165, 1.54) is 22.4 Å². The number of benzene rings is 1. The first-order valence-corrected chi connectivity index (χ1v) is 11.5. The standard InChI is InChI=1S/C25H31N5O2/c1-17-6-4-9-22(18(17)2)30-11-10-20-21(16-30)26-25(32-3)27-23(20)28-12-14-29(15-13-28)24(31)19-7-5-8-19/h4,6-7,9H,5,8,10-16H2,1-3H3. The molecule has 0 saturated carbocycles. The summed E-state index contributed by atoms with van der Waals surface area (Å²) in [6, 6.07) is 6.89. The average molecular weight is 434 g/mol. The number of nitrogens with zero attached hydrogens (tertiary/aromatic N) is 5. The number of ether oxygens (including phenoxy) is 1. The molecular weight excluding hydrogens is 402 g/mol. The highest BCUT2D eigenvalue weighted by Crippen LogP contribution is 2.33. The molecule has 0 bridgehead atoms. The fourth-order valence-corrected chi connectivity index (χ4v) is 4.83. The van der Waals surface area contributed by atoms with Crippen molar-refractivity contribution in [1.29, 1.82) is 0 Å². The second-order valence-corrected chi connectivity index (χ2v) is 8.90. The summed E-state index contributed by atoms with van der Waals surface area (Å²) in [6.45, 7) is 9.06. The fourth-order valence-electron chi connectivity index (χ4n) is 4.83. The summed E-state index contributed by atoms with van der Waals surface area (Å²) < 4.78 is 5.47.